The van der Waals surface area contributed by atoms with E-state index in [1.807, 2.05) is 46.8 Å². The van der Waals surface area contributed by atoms with Crippen LogP contribution >= 0.6 is 0 Å². The van der Waals surface area contributed by atoms with Crippen LogP contribution in [0.5, 0.6) is 0 Å². The number of aliphatic hydroxyl groups excluding tert-OH is 2. The SMILES string of the molecule is C.C.C.C.[C-]#[N+][C@H](C)CC1CC[C@@H]2O[C@@H](/C=C/C)C[C@]2(CO)O1.[C-]#[N+][C@H](C)CC1CC[C@@H]2O[C@@H](CCC)C[C@]2(CC)O1.[C-]#[N+][C@H](C)CC1CC[C@@H]2O[C@@H](CCC)C[C@]2(CO)O1.[C-]#[N+][C@H](C)CC1CC[C@@H]2O[C@@H]3C[C@]2(CO[C@H]3C)O1. The van der Waals surface area contributed by atoms with E-state index in [9.17, 15) is 10.2 Å². The lowest BCUT2D eigenvalue weighted by Crippen LogP contribution is -2.53. The Morgan fingerprint density at radius 3 is 1.32 bits per heavy atom. The van der Waals surface area contributed by atoms with Crippen LogP contribution in [-0.4, -0.2) is 156 Å². The van der Waals surface area contributed by atoms with E-state index >= 15 is 0 Å². The van der Waals surface area contributed by atoms with Gasteiger partial charge in [0.2, 0.25) is 24.2 Å². The van der Waals surface area contributed by atoms with Gasteiger partial charge in [0, 0.05) is 79.1 Å². The van der Waals surface area contributed by atoms with Gasteiger partial charge in [-0.3, -0.25) is 0 Å². The van der Waals surface area contributed by atoms with E-state index in [1.165, 1.54) is 6.42 Å². The van der Waals surface area contributed by atoms with E-state index in [0.29, 0.717) is 19.1 Å². The van der Waals surface area contributed by atoms with Gasteiger partial charge in [0.25, 0.3) is 0 Å². The van der Waals surface area contributed by atoms with Gasteiger partial charge in [0.05, 0.1) is 105 Å². The second-order valence-corrected chi connectivity index (χ2v) is 23.8. The Labute approximate surface area is 481 Å². The molecule has 9 aliphatic heterocycles. The number of nitrogens with zero attached hydrogens (tertiary/aromatic N) is 4. The van der Waals surface area contributed by atoms with Crippen molar-refractivity contribution in [1.82, 2.24) is 0 Å². The predicted octanol–water partition coefficient (Wildman–Crippen LogP) is 13.6. The van der Waals surface area contributed by atoms with Crippen LogP contribution in [0.4, 0.5) is 0 Å². The molecule has 21 atom stereocenters. The predicted molar refractivity (Wildman–Crippen MR) is 315 cm³/mol. The van der Waals surface area contributed by atoms with Gasteiger partial charge in [-0.25, -0.2) is 26.3 Å². The zero-order valence-corrected chi connectivity index (χ0v) is 47.3. The van der Waals surface area contributed by atoms with E-state index in [-0.39, 0.29) is 152 Å². The average Bonchev–Trinajstić information content (AvgIpc) is 4.22. The molecule has 79 heavy (non-hydrogen) atoms. The smallest absolute Gasteiger partial charge is 0.223 e. The van der Waals surface area contributed by atoms with E-state index in [0.717, 1.165) is 122 Å². The van der Waals surface area contributed by atoms with Crippen molar-refractivity contribution < 1.29 is 52.8 Å². The van der Waals surface area contributed by atoms with Crippen molar-refractivity contribution in [2.75, 3.05) is 19.8 Å². The van der Waals surface area contributed by atoms with Crippen LogP contribution in [0.2, 0.25) is 0 Å². The number of ether oxygens (including phenoxy) is 9. The minimum Gasteiger partial charge on any atom is -0.393 e. The summed E-state index contributed by atoms with van der Waals surface area (Å²) in [4.78, 5) is 14.2. The minimum absolute atomic E-state index is 0. The summed E-state index contributed by atoms with van der Waals surface area (Å²) in [5.41, 5.74) is -1.36. The molecule has 9 aliphatic rings. The monoisotopic (exact) mass is 1110 g/mol. The molecule has 15 heteroatoms. The lowest BCUT2D eigenvalue weighted by Gasteiger charge is -2.43. The third-order valence-electron chi connectivity index (χ3n) is 17.8. The molecule has 9 rings (SSSR count). The molecule has 9 heterocycles. The molecule has 0 aromatic rings. The van der Waals surface area contributed by atoms with E-state index in [4.69, 9.17) is 68.9 Å². The maximum absolute atomic E-state index is 9.78. The molecule has 0 saturated carbocycles. The van der Waals surface area contributed by atoms with Gasteiger partial charge in [0.15, 0.2) is 0 Å². The largest absolute Gasteiger partial charge is 0.393 e. The average molecular weight is 1110 g/mol. The summed E-state index contributed by atoms with van der Waals surface area (Å²) >= 11 is 0. The summed E-state index contributed by atoms with van der Waals surface area (Å²) in [5, 5.41) is 19.5. The van der Waals surface area contributed by atoms with Gasteiger partial charge >= 0.3 is 0 Å². The molecule has 2 bridgehead atoms. The Hall–Kier alpha value is -2.74. The molecule has 2 N–H and O–H groups in total. The van der Waals surface area contributed by atoms with Crippen molar-refractivity contribution in [3.63, 3.8) is 0 Å². The number of allylic oxidation sites excluding steroid dienone is 1. The van der Waals surface area contributed by atoms with Crippen LogP contribution in [0.3, 0.4) is 0 Å². The highest BCUT2D eigenvalue weighted by atomic mass is 16.6. The molecule has 0 aromatic heterocycles. The highest BCUT2D eigenvalue weighted by Gasteiger charge is 2.58. The molecule has 15 nitrogen and oxygen atoms in total. The second kappa shape index (κ2) is 33.5. The molecule has 9 fully saturated rings. The molecular formula is C64H112N4O11. The number of hydrogen-bond donors (Lipinski definition) is 2. The highest BCUT2D eigenvalue weighted by molar-refractivity contribution is 5.08. The molecule has 4 unspecified atom stereocenters. The third kappa shape index (κ3) is 18.1. The fourth-order valence-electron chi connectivity index (χ4n) is 13.7. The molecule has 0 aliphatic carbocycles. The van der Waals surface area contributed by atoms with Gasteiger partial charge < -0.3 is 72.2 Å². The molecule has 0 amide bonds. The topological polar surface area (TPSA) is 141 Å². The van der Waals surface area contributed by atoms with E-state index in [1.54, 1.807) is 0 Å². The first-order valence-corrected chi connectivity index (χ1v) is 29.3. The summed E-state index contributed by atoms with van der Waals surface area (Å²) < 4.78 is 55.1. The Bertz CT molecular complexity index is 1900. The quantitative estimate of drug-likeness (QED) is 0.113. The van der Waals surface area contributed by atoms with Crippen LogP contribution in [0.15, 0.2) is 12.2 Å². The summed E-state index contributed by atoms with van der Waals surface area (Å²) in [6.45, 7) is 47.4. The fourth-order valence-corrected chi connectivity index (χ4v) is 13.7. The van der Waals surface area contributed by atoms with Crippen molar-refractivity contribution in [1.29, 1.82) is 0 Å². The first kappa shape index (κ1) is 72.4. The van der Waals surface area contributed by atoms with E-state index < -0.39 is 11.2 Å². The van der Waals surface area contributed by atoms with Gasteiger partial charge in [-0.05, 0) is 84.5 Å². The van der Waals surface area contributed by atoms with Crippen molar-refractivity contribution >= 4 is 0 Å². The standard InChI is InChI=1S/C16H27NO2.C15H25NO3.C15H23NO3.C14H21NO3.4CH4/c1-5-7-14-11-16(6-2)15(18-14)9-8-13(19-16)10-12(3)17-4;2*1-4-5-13-9-15(10-17)14(18-13)7-6-12(19-15)8-11(2)16-3;1-9(15-3)6-11-4-5-13-14(18-11)7-12(17-13)10(2)16-8-14;;;;/h12-15H,5-11H2,1-3H3;11-14,17H,4-10H2,1-2H3;4-5,11-14,17H,6-10H2,1-2H3;9-13H,4-8H2,1-2H3;4*1H4/b;;5-4+;;;;;/t12-,13?,14+,15+,16+;2*11-,12?,13+,14+,15-;9-,10+,11?,12-,13+,14-;;;;/m1111..../s1. The Kier molecular flexibility index (Phi) is 30.7. The van der Waals surface area contributed by atoms with Gasteiger partial charge in [-0.2, -0.15) is 0 Å². The molecule has 1 spiro atoms. The van der Waals surface area contributed by atoms with Crippen molar-refractivity contribution in [2.45, 2.75) is 353 Å². The summed E-state index contributed by atoms with van der Waals surface area (Å²) in [7, 11) is 0. The lowest BCUT2D eigenvalue weighted by molar-refractivity contribution is -0.190. The molecule has 9 saturated heterocycles. The summed E-state index contributed by atoms with van der Waals surface area (Å²) in [6.07, 6.45) is 26.2. The molecule has 454 valence electrons. The molecule has 0 radical (unpaired) electrons. The van der Waals surface area contributed by atoms with Gasteiger partial charge in [-0.15, -0.1) is 0 Å². The Morgan fingerprint density at radius 1 is 0.506 bits per heavy atom. The number of hydrogen-bond acceptors (Lipinski definition) is 11. The molecular weight excluding hydrogens is 1000 g/mol. The highest BCUT2D eigenvalue weighted by Crippen LogP contribution is 2.49. The second-order valence-electron chi connectivity index (χ2n) is 23.8. The van der Waals surface area contributed by atoms with Crippen molar-refractivity contribution in [3.05, 3.63) is 57.8 Å². The summed E-state index contributed by atoms with van der Waals surface area (Å²) in [6, 6.07) is 0.0886. The third-order valence-corrected chi connectivity index (χ3v) is 17.8. The van der Waals surface area contributed by atoms with Crippen LogP contribution in [0.1, 0.15) is 227 Å². The Balaban J connectivity index is 0.000000354. The van der Waals surface area contributed by atoms with Crippen LogP contribution in [0.25, 0.3) is 19.4 Å². The summed E-state index contributed by atoms with van der Waals surface area (Å²) in [5.74, 6) is 0. The molecule has 0 aromatic carbocycles. The van der Waals surface area contributed by atoms with Crippen molar-refractivity contribution in [2.24, 2.45) is 0 Å². The van der Waals surface area contributed by atoms with Gasteiger partial charge in [-0.1, -0.05) is 75.5 Å². The van der Waals surface area contributed by atoms with Crippen LogP contribution in [-0.2, 0) is 42.6 Å². The first-order valence-electron chi connectivity index (χ1n) is 29.3. The zero-order chi connectivity index (χ0) is 54.4. The maximum Gasteiger partial charge on any atom is 0.223 e. The number of aliphatic hydroxyl groups is 2. The van der Waals surface area contributed by atoms with Crippen LogP contribution in [0, 0.1) is 26.3 Å². The maximum atomic E-state index is 9.78. The normalized spacial score (nSPS) is 39.7. The lowest BCUT2D eigenvalue weighted by atomic mass is 9.83. The Morgan fingerprint density at radius 2 is 0.899 bits per heavy atom. The minimum atomic E-state index is -0.561. The fraction of sp³-hybridized carbons (Fsp3) is 0.906. The van der Waals surface area contributed by atoms with Gasteiger partial charge in [0.1, 0.15) is 16.8 Å². The number of rotatable bonds is 16. The first-order chi connectivity index (χ1) is 36.0. The van der Waals surface area contributed by atoms with Crippen molar-refractivity contribution in [3.8, 4) is 0 Å². The van der Waals surface area contributed by atoms with E-state index in [2.05, 4.69) is 47.1 Å². The number of fused-ring (bicyclic) bond motifs is 4. The zero-order valence-electron chi connectivity index (χ0n) is 47.3. The van der Waals surface area contributed by atoms with Crippen LogP contribution < -0.4 is 0 Å².